The van der Waals surface area contributed by atoms with E-state index in [-0.39, 0.29) is 0 Å². The monoisotopic (exact) mass is 134 g/mol. The first-order chi connectivity index (χ1) is 4.04. The van der Waals surface area contributed by atoms with Crippen molar-refractivity contribution in [2.45, 2.75) is 6.23 Å². The maximum Gasteiger partial charge on any atom is 0.353 e. The molecular weight excluding hydrogens is 128 g/mol. The molecule has 0 aromatic rings. The summed E-state index contributed by atoms with van der Waals surface area (Å²) in [5.74, 6) is -1.55. The molecule has 0 saturated heterocycles. The van der Waals surface area contributed by atoms with Gasteiger partial charge < -0.3 is 21.3 Å². The van der Waals surface area contributed by atoms with E-state index in [4.69, 9.17) is 10.2 Å². The van der Waals surface area contributed by atoms with Gasteiger partial charge in [-0.05, 0) is 0 Å². The SMILES string of the molecule is NC(=O)N[C@@H](O)C(=O)O. The minimum Gasteiger partial charge on any atom is -0.478 e. The number of primary amides is 1. The third kappa shape index (κ3) is 3.30. The van der Waals surface area contributed by atoms with Gasteiger partial charge in [0, 0.05) is 0 Å². The molecule has 0 heterocycles. The van der Waals surface area contributed by atoms with E-state index in [0.29, 0.717) is 0 Å². The molecule has 5 N–H and O–H groups in total. The van der Waals surface area contributed by atoms with Crippen molar-refractivity contribution in [2.75, 3.05) is 0 Å². The average Bonchev–Trinajstić information content (AvgIpc) is 1.63. The summed E-state index contributed by atoms with van der Waals surface area (Å²) in [7, 11) is 0. The summed E-state index contributed by atoms with van der Waals surface area (Å²) in [5, 5.41) is 17.7. The van der Waals surface area contributed by atoms with Crippen LogP contribution in [0.4, 0.5) is 4.79 Å². The van der Waals surface area contributed by atoms with Crippen LogP contribution in [-0.4, -0.2) is 28.4 Å². The minimum atomic E-state index is -1.91. The molecule has 52 valence electrons. The van der Waals surface area contributed by atoms with Gasteiger partial charge in [0.25, 0.3) is 0 Å². The normalized spacial score (nSPS) is 12.1. The number of amides is 2. The second kappa shape index (κ2) is 2.88. The molecule has 0 aromatic carbocycles. The van der Waals surface area contributed by atoms with Crippen molar-refractivity contribution in [3.63, 3.8) is 0 Å². The van der Waals surface area contributed by atoms with Gasteiger partial charge in [-0.3, -0.25) is 0 Å². The van der Waals surface area contributed by atoms with Gasteiger partial charge in [-0.25, -0.2) is 9.59 Å². The fourth-order valence-electron chi connectivity index (χ4n) is 0.196. The number of aliphatic carboxylic acids is 1. The number of nitrogens with one attached hydrogen (secondary N) is 1. The topological polar surface area (TPSA) is 113 Å². The molecule has 9 heavy (non-hydrogen) atoms. The van der Waals surface area contributed by atoms with E-state index in [2.05, 4.69) is 5.73 Å². The highest BCUT2D eigenvalue weighted by Gasteiger charge is 2.12. The standard InChI is InChI=1S/C3H6N2O4/c4-3(9)5-1(6)2(7)8/h1,6H,(H,7,8)(H3,4,5,9)/t1-/m0/s1. The predicted molar refractivity (Wildman–Crippen MR) is 26.4 cm³/mol. The molecule has 1 atom stereocenters. The Morgan fingerprint density at radius 3 is 2.11 bits per heavy atom. The van der Waals surface area contributed by atoms with E-state index < -0.39 is 18.2 Å². The van der Waals surface area contributed by atoms with E-state index in [0.717, 1.165) is 0 Å². The van der Waals surface area contributed by atoms with Crippen molar-refractivity contribution in [3.8, 4) is 0 Å². The van der Waals surface area contributed by atoms with Crippen LogP contribution in [0, 0.1) is 0 Å². The van der Waals surface area contributed by atoms with Crippen molar-refractivity contribution < 1.29 is 19.8 Å². The zero-order valence-electron chi connectivity index (χ0n) is 4.37. The number of rotatable bonds is 2. The summed E-state index contributed by atoms with van der Waals surface area (Å²) in [6, 6.07) is -1.08. The molecule has 2 amide bonds. The number of aliphatic hydroxyl groups is 1. The number of urea groups is 1. The molecule has 6 heteroatoms. The minimum absolute atomic E-state index is 1.08. The van der Waals surface area contributed by atoms with Crippen LogP contribution >= 0.6 is 0 Å². The van der Waals surface area contributed by atoms with Gasteiger partial charge in [0.15, 0.2) is 0 Å². The first kappa shape index (κ1) is 7.70. The third-order valence-corrected chi connectivity index (χ3v) is 0.513. The summed E-state index contributed by atoms with van der Waals surface area (Å²) in [5.41, 5.74) is 4.46. The van der Waals surface area contributed by atoms with E-state index in [1.165, 1.54) is 5.32 Å². The number of hydrogen-bond donors (Lipinski definition) is 4. The molecule has 0 spiro atoms. The van der Waals surface area contributed by atoms with Crippen LogP contribution in [0.3, 0.4) is 0 Å². The first-order valence-electron chi connectivity index (χ1n) is 2.01. The first-order valence-corrected chi connectivity index (χ1v) is 2.01. The number of aliphatic hydroxyl groups excluding tert-OH is 1. The van der Waals surface area contributed by atoms with Gasteiger partial charge in [0.05, 0.1) is 0 Å². The highest BCUT2D eigenvalue weighted by Crippen LogP contribution is 1.72. The molecule has 0 aliphatic rings. The Morgan fingerprint density at radius 2 is 2.00 bits per heavy atom. The number of carboxylic acid groups (broad SMARTS) is 1. The van der Waals surface area contributed by atoms with Gasteiger partial charge in [-0.15, -0.1) is 0 Å². The highest BCUT2D eigenvalue weighted by molar-refractivity contribution is 5.80. The number of carboxylic acids is 1. The molecule has 0 unspecified atom stereocenters. The second-order valence-corrected chi connectivity index (χ2v) is 1.25. The van der Waals surface area contributed by atoms with Gasteiger partial charge in [-0.2, -0.15) is 0 Å². The van der Waals surface area contributed by atoms with Crippen LogP contribution < -0.4 is 11.1 Å². The zero-order chi connectivity index (χ0) is 7.44. The molecule has 0 aliphatic heterocycles. The van der Waals surface area contributed by atoms with Crippen LogP contribution in [-0.2, 0) is 4.79 Å². The Bertz CT molecular complexity index is 134. The second-order valence-electron chi connectivity index (χ2n) is 1.25. The van der Waals surface area contributed by atoms with E-state index in [1.807, 2.05) is 0 Å². The Morgan fingerprint density at radius 1 is 1.56 bits per heavy atom. The molecule has 0 bridgehead atoms. The van der Waals surface area contributed by atoms with Gasteiger partial charge in [0.2, 0.25) is 6.23 Å². The van der Waals surface area contributed by atoms with Crippen LogP contribution in [0.5, 0.6) is 0 Å². The molecular formula is C3H6N2O4. The lowest BCUT2D eigenvalue weighted by Gasteiger charge is -2.02. The summed E-state index contributed by atoms with van der Waals surface area (Å²) in [6.07, 6.45) is -1.91. The fraction of sp³-hybridized carbons (Fsp3) is 0.333. The number of nitrogens with two attached hydrogens (primary N) is 1. The van der Waals surface area contributed by atoms with Crippen molar-refractivity contribution in [1.82, 2.24) is 5.32 Å². The molecule has 0 saturated carbocycles. The molecule has 0 fully saturated rings. The van der Waals surface area contributed by atoms with Crippen molar-refractivity contribution in [1.29, 1.82) is 0 Å². The molecule has 0 rings (SSSR count). The molecule has 0 radical (unpaired) electrons. The van der Waals surface area contributed by atoms with E-state index in [1.54, 1.807) is 0 Å². The third-order valence-electron chi connectivity index (χ3n) is 0.513. The number of carbonyl (C=O) groups is 2. The lowest BCUT2D eigenvalue weighted by molar-refractivity contribution is -0.147. The Kier molecular flexibility index (Phi) is 2.46. The highest BCUT2D eigenvalue weighted by atomic mass is 16.4. The summed E-state index contributed by atoms with van der Waals surface area (Å²) in [4.78, 5) is 19.5. The van der Waals surface area contributed by atoms with Crippen LogP contribution in [0.1, 0.15) is 0 Å². The quantitative estimate of drug-likeness (QED) is 0.329. The number of hydrogen-bond acceptors (Lipinski definition) is 3. The summed E-state index contributed by atoms with van der Waals surface area (Å²) in [6.45, 7) is 0. The fourth-order valence-corrected chi connectivity index (χ4v) is 0.196. The number of carbonyl (C=O) groups excluding carboxylic acids is 1. The van der Waals surface area contributed by atoms with Crippen molar-refractivity contribution in [2.24, 2.45) is 5.73 Å². The van der Waals surface area contributed by atoms with Gasteiger partial charge in [0.1, 0.15) is 0 Å². The van der Waals surface area contributed by atoms with Gasteiger partial charge in [-0.1, -0.05) is 0 Å². The van der Waals surface area contributed by atoms with Crippen LogP contribution in [0.25, 0.3) is 0 Å². The zero-order valence-corrected chi connectivity index (χ0v) is 4.37. The Balaban J connectivity index is 3.63. The van der Waals surface area contributed by atoms with Crippen molar-refractivity contribution >= 4 is 12.0 Å². The maximum atomic E-state index is 9.80. The average molecular weight is 134 g/mol. The lowest BCUT2D eigenvalue weighted by Crippen LogP contribution is -2.43. The molecule has 0 aromatic heterocycles. The smallest absolute Gasteiger partial charge is 0.353 e. The van der Waals surface area contributed by atoms with E-state index >= 15 is 0 Å². The molecule has 6 nitrogen and oxygen atoms in total. The summed E-state index contributed by atoms with van der Waals surface area (Å²) >= 11 is 0. The Hall–Kier alpha value is -1.30. The van der Waals surface area contributed by atoms with E-state index in [9.17, 15) is 9.59 Å². The lowest BCUT2D eigenvalue weighted by atomic mass is 10.6. The predicted octanol–water partition coefficient (Wildman–Crippen LogP) is -1.94. The van der Waals surface area contributed by atoms with Crippen LogP contribution in [0.15, 0.2) is 0 Å². The Labute approximate surface area is 50.3 Å². The van der Waals surface area contributed by atoms with Gasteiger partial charge >= 0.3 is 12.0 Å². The summed E-state index contributed by atoms with van der Waals surface area (Å²) < 4.78 is 0. The largest absolute Gasteiger partial charge is 0.478 e. The molecule has 0 aliphatic carbocycles. The van der Waals surface area contributed by atoms with Crippen LogP contribution in [0.2, 0.25) is 0 Å². The maximum absolute atomic E-state index is 9.80. The van der Waals surface area contributed by atoms with Crippen molar-refractivity contribution in [3.05, 3.63) is 0 Å².